The molecule has 0 fully saturated rings. The van der Waals surface area contributed by atoms with Crippen molar-refractivity contribution in [3.63, 3.8) is 0 Å². The highest BCUT2D eigenvalue weighted by molar-refractivity contribution is 5.90. The van der Waals surface area contributed by atoms with Gasteiger partial charge in [0.1, 0.15) is 0 Å². The Morgan fingerprint density at radius 2 is 1.71 bits per heavy atom. The van der Waals surface area contributed by atoms with Gasteiger partial charge in [0.05, 0.1) is 20.3 Å². The van der Waals surface area contributed by atoms with Crippen LogP contribution in [0.1, 0.15) is 24.1 Å². The molecule has 0 bridgehead atoms. The summed E-state index contributed by atoms with van der Waals surface area (Å²) in [4.78, 5) is 24.2. The molecule has 0 spiro atoms. The number of methoxy groups -OCH3 is 2. The smallest absolute Gasteiger partial charge is 0.331 e. The number of benzene rings is 3. The predicted molar refractivity (Wildman–Crippen MR) is 120 cm³/mol. The fourth-order valence-corrected chi connectivity index (χ4v) is 3.29. The highest BCUT2D eigenvalue weighted by Crippen LogP contribution is 2.28. The zero-order valence-corrected chi connectivity index (χ0v) is 17.8. The standard InChI is InChI=1S/C25H25NO5/c1-17(20-10-6-8-19-7-4-5-9-21(19)20)26-24(27)16-31-25(28)14-12-18-11-13-22(29-2)23(15-18)30-3/h4-15,17H,16H2,1-3H3,(H,26,27)/b14-12+/t17-/m1/s1. The van der Waals surface area contributed by atoms with Crippen LogP contribution < -0.4 is 14.8 Å². The first-order valence-electron chi connectivity index (χ1n) is 9.85. The third-order valence-electron chi connectivity index (χ3n) is 4.83. The lowest BCUT2D eigenvalue weighted by atomic mass is 10.00. The van der Waals surface area contributed by atoms with Gasteiger partial charge in [-0.15, -0.1) is 0 Å². The van der Waals surface area contributed by atoms with Crippen molar-refractivity contribution in [3.8, 4) is 11.5 Å². The van der Waals surface area contributed by atoms with Crippen LogP contribution in [0, 0.1) is 0 Å². The second kappa shape index (κ2) is 10.3. The minimum absolute atomic E-state index is 0.223. The third-order valence-corrected chi connectivity index (χ3v) is 4.83. The van der Waals surface area contributed by atoms with E-state index >= 15 is 0 Å². The van der Waals surface area contributed by atoms with Crippen LogP contribution in [0.15, 0.2) is 66.7 Å². The molecule has 1 N–H and O–H groups in total. The molecular weight excluding hydrogens is 394 g/mol. The summed E-state index contributed by atoms with van der Waals surface area (Å²) < 4.78 is 15.5. The lowest BCUT2D eigenvalue weighted by Crippen LogP contribution is -2.31. The van der Waals surface area contributed by atoms with Crippen LogP contribution in [0.5, 0.6) is 11.5 Å². The number of rotatable bonds is 8. The molecule has 0 aliphatic carbocycles. The molecule has 3 rings (SSSR count). The lowest BCUT2D eigenvalue weighted by Gasteiger charge is -2.16. The topological polar surface area (TPSA) is 73.9 Å². The van der Waals surface area contributed by atoms with E-state index in [9.17, 15) is 9.59 Å². The summed E-state index contributed by atoms with van der Waals surface area (Å²) in [6.45, 7) is 1.54. The number of ether oxygens (including phenoxy) is 3. The molecule has 0 aliphatic rings. The van der Waals surface area contributed by atoms with Gasteiger partial charge in [0, 0.05) is 6.08 Å². The van der Waals surface area contributed by atoms with Crippen molar-refractivity contribution in [2.75, 3.05) is 20.8 Å². The van der Waals surface area contributed by atoms with Gasteiger partial charge in [0.2, 0.25) is 0 Å². The summed E-state index contributed by atoms with van der Waals surface area (Å²) in [5.41, 5.74) is 1.75. The normalized spacial score (nSPS) is 11.8. The second-order valence-electron chi connectivity index (χ2n) is 6.91. The fraction of sp³-hybridized carbons (Fsp3) is 0.200. The van der Waals surface area contributed by atoms with E-state index in [0.29, 0.717) is 11.5 Å². The molecule has 6 heteroatoms. The van der Waals surface area contributed by atoms with Gasteiger partial charge in [-0.3, -0.25) is 4.79 Å². The van der Waals surface area contributed by atoms with Gasteiger partial charge in [-0.05, 0) is 47.0 Å². The minimum Gasteiger partial charge on any atom is -0.493 e. The Kier molecular flexibility index (Phi) is 7.27. The number of fused-ring (bicyclic) bond motifs is 1. The molecule has 0 unspecified atom stereocenters. The maximum atomic E-state index is 12.3. The van der Waals surface area contributed by atoms with Crippen LogP contribution >= 0.6 is 0 Å². The van der Waals surface area contributed by atoms with Gasteiger partial charge in [0.25, 0.3) is 5.91 Å². The summed E-state index contributed by atoms with van der Waals surface area (Å²) in [5.74, 6) is 0.176. The summed E-state index contributed by atoms with van der Waals surface area (Å²) in [7, 11) is 3.09. The van der Waals surface area contributed by atoms with Crippen LogP contribution in [0.3, 0.4) is 0 Å². The lowest BCUT2D eigenvalue weighted by molar-refractivity contribution is -0.144. The molecule has 0 aliphatic heterocycles. The first-order valence-corrected chi connectivity index (χ1v) is 9.85. The van der Waals surface area contributed by atoms with E-state index < -0.39 is 5.97 Å². The van der Waals surface area contributed by atoms with Gasteiger partial charge in [-0.25, -0.2) is 4.79 Å². The van der Waals surface area contributed by atoms with Gasteiger partial charge in [0.15, 0.2) is 18.1 Å². The number of hydrogen-bond acceptors (Lipinski definition) is 5. The summed E-state index contributed by atoms with van der Waals surface area (Å²) in [6.07, 6.45) is 2.85. The predicted octanol–water partition coefficient (Wildman–Crippen LogP) is 4.29. The Hall–Kier alpha value is -3.80. The van der Waals surface area contributed by atoms with Crippen molar-refractivity contribution in [3.05, 3.63) is 77.9 Å². The quantitative estimate of drug-likeness (QED) is 0.436. The van der Waals surface area contributed by atoms with Gasteiger partial charge in [-0.2, -0.15) is 0 Å². The largest absolute Gasteiger partial charge is 0.493 e. The van der Waals surface area contributed by atoms with Crippen molar-refractivity contribution in [2.45, 2.75) is 13.0 Å². The van der Waals surface area contributed by atoms with E-state index in [1.165, 1.54) is 13.2 Å². The Labute approximate surface area is 181 Å². The SMILES string of the molecule is COc1ccc(/C=C/C(=O)OCC(=O)N[C@H](C)c2cccc3ccccc23)cc1OC. The van der Waals surface area contributed by atoms with E-state index in [-0.39, 0.29) is 18.6 Å². The minimum atomic E-state index is -0.609. The van der Waals surface area contributed by atoms with Crippen molar-refractivity contribution < 1.29 is 23.8 Å². The maximum Gasteiger partial charge on any atom is 0.331 e. The molecule has 1 amide bonds. The van der Waals surface area contributed by atoms with Crippen LogP contribution in [0.25, 0.3) is 16.8 Å². The molecule has 3 aromatic rings. The van der Waals surface area contributed by atoms with E-state index in [0.717, 1.165) is 21.9 Å². The van der Waals surface area contributed by atoms with E-state index in [1.54, 1.807) is 31.4 Å². The molecule has 3 aromatic carbocycles. The van der Waals surface area contributed by atoms with Gasteiger partial charge >= 0.3 is 5.97 Å². The average molecular weight is 419 g/mol. The summed E-state index contributed by atoms with van der Waals surface area (Å²) >= 11 is 0. The zero-order chi connectivity index (χ0) is 22.2. The number of amides is 1. The van der Waals surface area contributed by atoms with Crippen molar-refractivity contribution >= 4 is 28.7 Å². The van der Waals surface area contributed by atoms with Crippen LogP contribution in [-0.2, 0) is 14.3 Å². The number of carbonyl (C=O) groups excluding carboxylic acids is 2. The fourth-order valence-electron chi connectivity index (χ4n) is 3.29. The Morgan fingerprint density at radius 1 is 0.968 bits per heavy atom. The molecule has 31 heavy (non-hydrogen) atoms. The van der Waals surface area contributed by atoms with Crippen LogP contribution in [-0.4, -0.2) is 32.7 Å². The zero-order valence-electron chi connectivity index (χ0n) is 17.8. The molecule has 0 saturated heterocycles. The van der Waals surface area contributed by atoms with E-state index in [4.69, 9.17) is 14.2 Å². The molecule has 0 heterocycles. The Balaban J connectivity index is 1.54. The summed E-state index contributed by atoms with van der Waals surface area (Å²) in [6, 6.07) is 19.0. The number of carbonyl (C=O) groups is 2. The first kappa shape index (κ1) is 21.9. The van der Waals surface area contributed by atoms with E-state index in [2.05, 4.69) is 5.32 Å². The van der Waals surface area contributed by atoms with Crippen molar-refractivity contribution in [1.82, 2.24) is 5.32 Å². The molecule has 1 atom stereocenters. The summed E-state index contributed by atoms with van der Waals surface area (Å²) in [5, 5.41) is 5.06. The Morgan fingerprint density at radius 3 is 2.48 bits per heavy atom. The maximum absolute atomic E-state index is 12.3. The first-order chi connectivity index (χ1) is 15.0. The van der Waals surface area contributed by atoms with Crippen LogP contribution in [0.2, 0.25) is 0 Å². The molecule has 0 saturated carbocycles. The Bertz CT molecular complexity index is 1100. The third kappa shape index (κ3) is 5.63. The number of nitrogens with one attached hydrogen (secondary N) is 1. The van der Waals surface area contributed by atoms with Crippen molar-refractivity contribution in [1.29, 1.82) is 0 Å². The molecule has 6 nitrogen and oxygen atoms in total. The molecule has 0 aromatic heterocycles. The van der Waals surface area contributed by atoms with E-state index in [1.807, 2.05) is 49.4 Å². The van der Waals surface area contributed by atoms with Gasteiger partial charge < -0.3 is 19.5 Å². The van der Waals surface area contributed by atoms with Crippen LogP contribution in [0.4, 0.5) is 0 Å². The molecular formula is C25H25NO5. The van der Waals surface area contributed by atoms with Gasteiger partial charge in [-0.1, -0.05) is 48.5 Å². The number of hydrogen-bond donors (Lipinski definition) is 1. The second-order valence-corrected chi connectivity index (χ2v) is 6.91. The average Bonchev–Trinajstić information content (AvgIpc) is 2.80. The van der Waals surface area contributed by atoms with Crippen molar-refractivity contribution in [2.24, 2.45) is 0 Å². The molecule has 160 valence electrons. The number of esters is 1. The highest BCUT2D eigenvalue weighted by atomic mass is 16.5. The highest BCUT2D eigenvalue weighted by Gasteiger charge is 2.13. The molecule has 0 radical (unpaired) electrons. The monoisotopic (exact) mass is 419 g/mol.